The fraction of sp³-hybridized carbons (Fsp3) is 0.312. The van der Waals surface area contributed by atoms with E-state index in [2.05, 4.69) is 46.1 Å². The third kappa shape index (κ3) is 3.11. The molecule has 31 heavy (non-hydrogen) atoms. The largest absolute Gasteiger partial charge is 0.294 e. The summed E-state index contributed by atoms with van der Waals surface area (Å²) in [7, 11) is 0. The Hall–Kier alpha value is -4.43. The maximum atomic E-state index is 13.1. The molecular formula is C16H15N13O2. The van der Waals surface area contributed by atoms with Gasteiger partial charge in [0, 0.05) is 0 Å². The molecule has 0 saturated carbocycles. The Kier molecular flexibility index (Phi) is 4.27. The van der Waals surface area contributed by atoms with Gasteiger partial charge in [-0.15, -0.1) is 30.3 Å². The van der Waals surface area contributed by atoms with Crippen LogP contribution in [0.5, 0.6) is 0 Å². The summed E-state index contributed by atoms with van der Waals surface area (Å²) in [6, 6.07) is 2.78. The number of hydrogen-bond acceptors (Lipinski definition) is 11. The van der Waals surface area contributed by atoms with Crippen molar-refractivity contribution in [3.8, 4) is 0 Å². The Labute approximate surface area is 171 Å². The van der Waals surface area contributed by atoms with E-state index in [9.17, 15) is 9.59 Å². The number of tetrazole rings is 2. The van der Waals surface area contributed by atoms with Crippen LogP contribution in [0.2, 0.25) is 0 Å². The Balaban J connectivity index is 1.60. The van der Waals surface area contributed by atoms with Gasteiger partial charge >= 0.3 is 0 Å². The van der Waals surface area contributed by atoms with E-state index < -0.39 is 11.7 Å². The molecule has 5 rings (SSSR count). The number of hydrogen-bond donors (Lipinski definition) is 0. The molecule has 4 aromatic heterocycles. The fourth-order valence-electron chi connectivity index (χ4n) is 3.28. The van der Waals surface area contributed by atoms with Crippen LogP contribution in [0, 0.1) is 0 Å². The van der Waals surface area contributed by atoms with E-state index in [1.807, 2.05) is 6.92 Å². The van der Waals surface area contributed by atoms with Gasteiger partial charge in [0.15, 0.2) is 18.8 Å². The zero-order valence-electron chi connectivity index (χ0n) is 16.4. The SMILES string of the molecule is CC(n1ncnn1)n1nnc2cc3c(=O)n([C@H](C)Cn4ncnn4)cnc3cc2c1=O. The molecule has 15 nitrogen and oxygen atoms in total. The second-order valence-electron chi connectivity index (χ2n) is 6.91. The molecule has 1 unspecified atom stereocenters. The summed E-state index contributed by atoms with van der Waals surface area (Å²) in [5, 5.41) is 31.5. The zero-order chi connectivity index (χ0) is 21.5. The number of rotatable bonds is 5. The van der Waals surface area contributed by atoms with Gasteiger partial charge in [0.2, 0.25) is 0 Å². The van der Waals surface area contributed by atoms with Crippen LogP contribution >= 0.6 is 0 Å². The normalized spacial score (nSPS) is 13.6. The van der Waals surface area contributed by atoms with Crippen LogP contribution < -0.4 is 11.1 Å². The molecule has 4 heterocycles. The molecule has 1 aromatic carbocycles. The molecule has 0 aliphatic carbocycles. The summed E-state index contributed by atoms with van der Waals surface area (Å²) in [5.74, 6) is 0. The third-order valence-corrected chi connectivity index (χ3v) is 4.93. The summed E-state index contributed by atoms with van der Waals surface area (Å²) in [5.41, 5.74) is -0.0169. The van der Waals surface area contributed by atoms with E-state index in [1.165, 1.54) is 45.3 Å². The van der Waals surface area contributed by atoms with Gasteiger partial charge in [0.05, 0.1) is 35.2 Å². The van der Waals surface area contributed by atoms with Crippen molar-refractivity contribution in [3.05, 3.63) is 51.8 Å². The highest BCUT2D eigenvalue weighted by molar-refractivity contribution is 5.93. The maximum absolute atomic E-state index is 13.1. The monoisotopic (exact) mass is 421 g/mol. The molecule has 0 aliphatic rings. The highest BCUT2D eigenvalue weighted by atomic mass is 16.1. The molecule has 2 atom stereocenters. The van der Waals surface area contributed by atoms with Crippen LogP contribution in [-0.2, 0) is 6.54 Å². The lowest BCUT2D eigenvalue weighted by molar-refractivity contribution is 0.324. The lowest BCUT2D eigenvalue weighted by Gasteiger charge is -2.14. The quantitative estimate of drug-likeness (QED) is 0.312. The first kappa shape index (κ1) is 18.6. The lowest BCUT2D eigenvalue weighted by atomic mass is 10.1. The Morgan fingerprint density at radius 2 is 1.65 bits per heavy atom. The molecule has 0 fully saturated rings. The van der Waals surface area contributed by atoms with Crippen molar-refractivity contribution in [2.45, 2.75) is 32.6 Å². The molecule has 0 bridgehead atoms. The first-order valence-corrected chi connectivity index (χ1v) is 9.26. The summed E-state index contributed by atoms with van der Waals surface area (Å²) in [6.07, 6.45) is 3.40. The molecule has 0 aliphatic heterocycles. The molecule has 0 radical (unpaired) electrons. The van der Waals surface area contributed by atoms with Crippen LogP contribution in [0.15, 0.2) is 40.7 Å². The van der Waals surface area contributed by atoms with Gasteiger partial charge in [0.25, 0.3) is 11.1 Å². The van der Waals surface area contributed by atoms with Crippen molar-refractivity contribution in [2.75, 3.05) is 0 Å². The van der Waals surface area contributed by atoms with E-state index in [0.717, 1.165) is 4.68 Å². The Bertz CT molecular complexity index is 1490. The average molecular weight is 421 g/mol. The second kappa shape index (κ2) is 7.12. The molecule has 156 valence electrons. The van der Waals surface area contributed by atoms with Gasteiger partial charge in [-0.2, -0.15) is 9.48 Å². The lowest BCUT2D eigenvalue weighted by Crippen LogP contribution is -2.32. The van der Waals surface area contributed by atoms with Crippen LogP contribution in [-0.4, -0.2) is 65.0 Å². The maximum Gasteiger partial charge on any atom is 0.279 e. The molecule has 5 aromatic rings. The van der Waals surface area contributed by atoms with Crippen molar-refractivity contribution in [3.63, 3.8) is 0 Å². The summed E-state index contributed by atoms with van der Waals surface area (Å²) >= 11 is 0. The highest BCUT2D eigenvalue weighted by Gasteiger charge is 2.17. The van der Waals surface area contributed by atoms with E-state index in [4.69, 9.17) is 0 Å². The van der Waals surface area contributed by atoms with Crippen molar-refractivity contribution >= 4 is 21.8 Å². The van der Waals surface area contributed by atoms with Crippen molar-refractivity contribution in [1.29, 1.82) is 0 Å². The summed E-state index contributed by atoms with van der Waals surface area (Å²) < 4.78 is 2.62. The molecule has 15 heteroatoms. The van der Waals surface area contributed by atoms with Crippen LogP contribution in [0.1, 0.15) is 26.1 Å². The van der Waals surface area contributed by atoms with E-state index in [-0.39, 0.29) is 22.5 Å². The first-order valence-electron chi connectivity index (χ1n) is 9.26. The smallest absolute Gasteiger partial charge is 0.279 e. The fourth-order valence-corrected chi connectivity index (χ4v) is 3.28. The van der Waals surface area contributed by atoms with E-state index in [0.29, 0.717) is 17.4 Å². The predicted octanol–water partition coefficient (Wildman–Crippen LogP) is -1.20. The minimum atomic E-state index is -0.630. The standard InChI is InChI=1S/C16H15N13O2/c1-9(5-27-20-6-18-23-27)26-8-17-13-3-12-14(4-11(13)15(26)30)22-25-28(16(12)31)10(2)29-21-7-19-24-29/h3-4,6-10H,5H2,1-2H3/t9-,10?/m1/s1. The van der Waals surface area contributed by atoms with Gasteiger partial charge in [-0.25, -0.2) is 4.98 Å². The molecule has 0 N–H and O–H groups in total. The second-order valence-corrected chi connectivity index (χ2v) is 6.91. The van der Waals surface area contributed by atoms with Gasteiger partial charge in [-0.05, 0) is 36.4 Å². The number of aromatic nitrogens is 13. The van der Waals surface area contributed by atoms with E-state index >= 15 is 0 Å². The molecular weight excluding hydrogens is 406 g/mol. The Morgan fingerprint density at radius 3 is 2.39 bits per heavy atom. The predicted molar refractivity (Wildman–Crippen MR) is 104 cm³/mol. The van der Waals surface area contributed by atoms with Crippen LogP contribution in [0.3, 0.4) is 0 Å². The van der Waals surface area contributed by atoms with Gasteiger partial charge in [0.1, 0.15) is 5.52 Å². The first-order chi connectivity index (χ1) is 15.0. The van der Waals surface area contributed by atoms with E-state index in [1.54, 1.807) is 6.92 Å². The van der Waals surface area contributed by atoms with Gasteiger partial charge < -0.3 is 0 Å². The Morgan fingerprint density at radius 1 is 0.903 bits per heavy atom. The van der Waals surface area contributed by atoms with Crippen LogP contribution in [0.4, 0.5) is 0 Å². The molecule has 0 spiro atoms. The topological polar surface area (TPSA) is 170 Å². The number of fused-ring (bicyclic) bond motifs is 2. The highest BCUT2D eigenvalue weighted by Crippen LogP contribution is 2.16. The van der Waals surface area contributed by atoms with Gasteiger partial charge in [-0.1, -0.05) is 5.21 Å². The minimum Gasteiger partial charge on any atom is -0.294 e. The number of benzene rings is 1. The van der Waals surface area contributed by atoms with Crippen molar-refractivity contribution < 1.29 is 0 Å². The third-order valence-electron chi connectivity index (χ3n) is 4.93. The average Bonchev–Trinajstić information content (AvgIpc) is 3.47. The summed E-state index contributed by atoms with van der Waals surface area (Å²) in [6.45, 7) is 3.88. The summed E-state index contributed by atoms with van der Waals surface area (Å²) in [4.78, 5) is 33.0. The van der Waals surface area contributed by atoms with Gasteiger partial charge in [-0.3, -0.25) is 14.2 Å². The molecule has 0 amide bonds. The van der Waals surface area contributed by atoms with Crippen molar-refractivity contribution in [2.24, 2.45) is 0 Å². The number of nitrogens with zero attached hydrogens (tertiary/aromatic N) is 13. The zero-order valence-corrected chi connectivity index (χ0v) is 16.4. The van der Waals surface area contributed by atoms with Crippen LogP contribution in [0.25, 0.3) is 21.8 Å². The minimum absolute atomic E-state index is 0.273. The van der Waals surface area contributed by atoms with Crippen molar-refractivity contribution in [1.82, 2.24) is 65.0 Å². The molecule has 0 saturated heterocycles.